The molecule has 1 spiro atoms. The Balaban J connectivity index is 1.44. The number of ether oxygens (including phenoxy) is 1. The fourth-order valence-corrected chi connectivity index (χ4v) is 4.03. The van der Waals surface area contributed by atoms with Crippen LogP contribution in [0.5, 0.6) is 0 Å². The number of hydrogen-bond donors (Lipinski definition) is 1. The van der Waals surface area contributed by atoms with Gasteiger partial charge >= 0.3 is 0 Å². The molecule has 1 aliphatic heterocycles. The third kappa shape index (κ3) is 5.28. The van der Waals surface area contributed by atoms with Gasteiger partial charge in [0.25, 0.3) is 0 Å². The number of hydrogen-bond acceptors (Lipinski definition) is 3. The van der Waals surface area contributed by atoms with Crippen molar-refractivity contribution in [1.29, 1.82) is 0 Å². The molecule has 1 saturated heterocycles. The maximum atomic E-state index is 6.30. The SMILES string of the molecule is CSCCCCCCNCC1CCC2(CCCC2)O1. The van der Waals surface area contributed by atoms with Crippen molar-refractivity contribution in [2.75, 3.05) is 25.1 Å². The van der Waals surface area contributed by atoms with Crippen LogP contribution in [0.2, 0.25) is 0 Å². The van der Waals surface area contributed by atoms with Crippen LogP contribution >= 0.6 is 11.8 Å². The molecule has 1 N–H and O–H groups in total. The van der Waals surface area contributed by atoms with E-state index in [1.54, 1.807) is 0 Å². The van der Waals surface area contributed by atoms with Crippen LogP contribution in [0.1, 0.15) is 64.2 Å². The van der Waals surface area contributed by atoms with Crippen LogP contribution in [-0.4, -0.2) is 36.8 Å². The summed E-state index contributed by atoms with van der Waals surface area (Å²) in [5, 5.41) is 3.59. The second-order valence-electron chi connectivity index (χ2n) is 6.28. The quantitative estimate of drug-likeness (QED) is 0.647. The Morgan fingerprint density at radius 1 is 1.11 bits per heavy atom. The van der Waals surface area contributed by atoms with E-state index in [0.29, 0.717) is 11.7 Å². The summed E-state index contributed by atoms with van der Waals surface area (Å²) < 4.78 is 6.30. The lowest BCUT2D eigenvalue weighted by Crippen LogP contribution is -2.31. The van der Waals surface area contributed by atoms with Crippen LogP contribution in [0.3, 0.4) is 0 Å². The minimum atomic E-state index is 0.310. The lowest BCUT2D eigenvalue weighted by atomic mass is 9.98. The summed E-state index contributed by atoms with van der Waals surface area (Å²) in [4.78, 5) is 0. The minimum Gasteiger partial charge on any atom is -0.370 e. The molecule has 2 nitrogen and oxygen atoms in total. The first kappa shape index (κ1) is 15.7. The molecule has 2 rings (SSSR count). The summed E-state index contributed by atoms with van der Waals surface area (Å²) >= 11 is 1.96. The van der Waals surface area contributed by atoms with Gasteiger partial charge in [0.15, 0.2) is 0 Å². The van der Waals surface area contributed by atoms with Gasteiger partial charge in [0.05, 0.1) is 11.7 Å². The zero-order valence-electron chi connectivity index (χ0n) is 12.6. The predicted molar refractivity (Wildman–Crippen MR) is 85.0 cm³/mol. The summed E-state index contributed by atoms with van der Waals surface area (Å²) in [6.45, 7) is 2.25. The lowest BCUT2D eigenvalue weighted by molar-refractivity contribution is -0.0350. The molecule has 1 unspecified atom stereocenters. The van der Waals surface area contributed by atoms with Gasteiger partial charge in [0, 0.05) is 6.54 Å². The van der Waals surface area contributed by atoms with E-state index >= 15 is 0 Å². The summed E-state index contributed by atoms with van der Waals surface area (Å²) in [5.41, 5.74) is 0.310. The Morgan fingerprint density at radius 2 is 1.89 bits per heavy atom. The fraction of sp³-hybridized carbons (Fsp3) is 1.00. The molecule has 2 fully saturated rings. The smallest absolute Gasteiger partial charge is 0.0708 e. The molecule has 1 atom stereocenters. The summed E-state index contributed by atoms with van der Waals surface area (Å²) in [6, 6.07) is 0. The second-order valence-corrected chi connectivity index (χ2v) is 7.27. The second kappa shape index (κ2) is 8.53. The van der Waals surface area contributed by atoms with Gasteiger partial charge in [-0.2, -0.15) is 11.8 Å². The Kier molecular flexibility index (Phi) is 7.03. The number of thioether (sulfide) groups is 1. The van der Waals surface area contributed by atoms with Crippen LogP contribution in [0, 0.1) is 0 Å². The van der Waals surface area contributed by atoms with Crippen molar-refractivity contribution in [3.63, 3.8) is 0 Å². The first-order valence-corrected chi connectivity index (χ1v) is 9.61. The van der Waals surface area contributed by atoms with Crippen LogP contribution in [0.25, 0.3) is 0 Å². The first-order chi connectivity index (χ1) is 9.35. The normalized spacial score (nSPS) is 25.4. The van der Waals surface area contributed by atoms with E-state index in [4.69, 9.17) is 4.74 Å². The predicted octanol–water partition coefficient (Wildman–Crippen LogP) is 3.99. The summed E-state index contributed by atoms with van der Waals surface area (Å²) in [5.74, 6) is 1.32. The van der Waals surface area contributed by atoms with Gasteiger partial charge in [0.1, 0.15) is 0 Å². The highest BCUT2D eigenvalue weighted by molar-refractivity contribution is 7.98. The van der Waals surface area contributed by atoms with Crippen molar-refractivity contribution in [2.45, 2.75) is 75.9 Å². The minimum absolute atomic E-state index is 0.310. The van der Waals surface area contributed by atoms with Gasteiger partial charge < -0.3 is 10.1 Å². The molecule has 112 valence electrons. The van der Waals surface area contributed by atoms with E-state index in [0.717, 1.165) is 6.54 Å². The number of nitrogens with one attached hydrogen (secondary N) is 1. The van der Waals surface area contributed by atoms with Crippen LogP contribution in [0.4, 0.5) is 0 Å². The van der Waals surface area contributed by atoms with Crippen molar-refractivity contribution < 1.29 is 4.74 Å². The van der Waals surface area contributed by atoms with Gasteiger partial charge in [-0.3, -0.25) is 0 Å². The van der Waals surface area contributed by atoms with E-state index in [9.17, 15) is 0 Å². The van der Waals surface area contributed by atoms with Crippen molar-refractivity contribution in [1.82, 2.24) is 5.32 Å². The number of rotatable bonds is 9. The van der Waals surface area contributed by atoms with E-state index in [2.05, 4.69) is 11.6 Å². The molecule has 3 heteroatoms. The van der Waals surface area contributed by atoms with Crippen molar-refractivity contribution in [2.24, 2.45) is 0 Å². The molecule has 0 aromatic heterocycles. The van der Waals surface area contributed by atoms with Crippen LogP contribution in [-0.2, 0) is 4.74 Å². The maximum absolute atomic E-state index is 6.30. The highest BCUT2D eigenvalue weighted by Gasteiger charge is 2.41. The highest BCUT2D eigenvalue weighted by atomic mass is 32.2. The molecule has 0 aromatic carbocycles. The first-order valence-electron chi connectivity index (χ1n) is 8.22. The largest absolute Gasteiger partial charge is 0.370 e. The van der Waals surface area contributed by atoms with E-state index < -0.39 is 0 Å². The Labute approximate surface area is 123 Å². The number of unbranched alkanes of at least 4 members (excludes halogenated alkanes) is 3. The van der Waals surface area contributed by atoms with E-state index in [-0.39, 0.29) is 0 Å². The highest BCUT2D eigenvalue weighted by Crippen LogP contribution is 2.43. The summed E-state index contributed by atoms with van der Waals surface area (Å²) in [6.07, 6.45) is 16.2. The molecule has 19 heavy (non-hydrogen) atoms. The average Bonchev–Trinajstić information content (AvgIpc) is 3.04. The average molecular weight is 285 g/mol. The van der Waals surface area contributed by atoms with Gasteiger partial charge in [-0.05, 0) is 57.1 Å². The molecule has 1 saturated carbocycles. The molecule has 0 amide bonds. The van der Waals surface area contributed by atoms with Gasteiger partial charge in [0.2, 0.25) is 0 Å². The molecule has 1 aliphatic carbocycles. The molecule has 0 aromatic rings. The monoisotopic (exact) mass is 285 g/mol. The third-order valence-electron chi connectivity index (χ3n) is 4.68. The molecule has 0 radical (unpaired) electrons. The molecule has 2 aliphatic rings. The van der Waals surface area contributed by atoms with E-state index in [1.807, 2.05) is 11.8 Å². The van der Waals surface area contributed by atoms with Crippen molar-refractivity contribution in [3.8, 4) is 0 Å². The van der Waals surface area contributed by atoms with E-state index in [1.165, 1.54) is 76.5 Å². The van der Waals surface area contributed by atoms with Gasteiger partial charge in [-0.1, -0.05) is 25.7 Å². The standard InChI is InChI=1S/C16H31NOS/c1-19-13-7-3-2-6-12-17-14-15-8-11-16(18-15)9-4-5-10-16/h15,17H,2-14H2,1H3. The summed E-state index contributed by atoms with van der Waals surface area (Å²) in [7, 11) is 0. The van der Waals surface area contributed by atoms with Gasteiger partial charge in [-0.15, -0.1) is 0 Å². The van der Waals surface area contributed by atoms with Crippen molar-refractivity contribution >= 4 is 11.8 Å². The van der Waals surface area contributed by atoms with Crippen molar-refractivity contribution in [3.05, 3.63) is 0 Å². The molecule has 0 bridgehead atoms. The Morgan fingerprint density at radius 3 is 2.68 bits per heavy atom. The zero-order valence-corrected chi connectivity index (χ0v) is 13.4. The lowest BCUT2D eigenvalue weighted by Gasteiger charge is -2.23. The van der Waals surface area contributed by atoms with Crippen LogP contribution < -0.4 is 5.32 Å². The maximum Gasteiger partial charge on any atom is 0.0708 e. The Bertz CT molecular complexity index is 241. The molecule has 1 heterocycles. The molecular formula is C16H31NOS. The fourth-order valence-electron chi connectivity index (χ4n) is 3.54. The molecular weight excluding hydrogens is 254 g/mol. The topological polar surface area (TPSA) is 21.3 Å². The third-order valence-corrected chi connectivity index (χ3v) is 5.37. The van der Waals surface area contributed by atoms with Gasteiger partial charge in [-0.25, -0.2) is 0 Å². The zero-order chi connectivity index (χ0) is 13.4. The van der Waals surface area contributed by atoms with Crippen LogP contribution in [0.15, 0.2) is 0 Å². The Hall–Kier alpha value is 0.270.